The number of hydrogen-bond acceptors (Lipinski definition) is 2. The van der Waals surface area contributed by atoms with Crippen molar-refractivity contribution in [1.29, 1.82) is 0 Å². The average Bonchev–Trinajstić information content (AvgIpc) is 2.69. The van der Waals surface area contributed by atoms with E-state index in [9.17, 15) is 0 Å². The highest BCUT2D eigenvalue weighted by atomic mass is 14.8. The summed E-state index contributed by atoms with van der Waals surface area (Å²) in [5.74, 6) is 0. The van der Waals surface area contributed by atoms with Gasteiger partial charge >= 0.3 is 0 Å². The van der Waals surface area contributed by atoms with Crippen LogP contribution >= 0.6 is 0 Å². The standard InChI is InChI=1S/C12H19N.C11H15N.C2H2/c1-5-8-11(3)9-7-10-13-12(4)6-2;1-3-4-9-12-11-7-5-10(2)6-8-11;1-2/h5-10,13H,1-4H3;3-8,12H,9H2,1-2H3;1-2H/b8-5-,10-7+,11-9-,12-6+;4-3-;. The van der Waals surface area contributed by atoms with Crippen molar-refractivity contribution in [2.75, 3.05) is 11.9 Å². The average molecular weight is 365 g/mol. The van der Waals surface area contributed by atoms with Crippen LogP contribution in [0.15, 0.2) is 84.3 Å². The lowest BCUT2D eigenvalue weighted by Crippen LogP contribution is -1.99. The molecule has 146 valence electrons. The molecular formula is C25H36N2. The van der Waals surface area contributed by atoms with Gasteiger partial charge in [0, 0.05) is 24.1 Å². The summed E-state index contributed by atoms with van der Waals surface area (Å²) in [6, 6.07) is 8.41. The largest absolute Gasteiger partial charge is 0.382 e. The lowest BCUT2D eigenvalue weighted by molar-refractivity contribution is 1.05. The summed E-state index contributed by atoms with van der Waals surface area (Å²) in [5, 5.41) is 6.43. The smallest absolute Gasteiger partial charge is 0.0342 e. The Hall–Kier alpha value is -2.92. The minimum atomic E-state index is 0.902. The van der Waals surface area contributed by atoms with Crippen LogP contribution in [0, 0.1) is 19.8 Å². The monoisotopic (exact) mass is 364 g/mol. The molecule has 0 aliphatic heterocycles. The molecule has 1 aromatic rings. The van der Waals surface area contributed by atoms with Crippen molar-refractivity contribution in [1.82, 2.24) is 5.32 Å². The molecule has 0 aliphatic rings. The highest BCUT2D eigenvalue weighted by molar-refractivity contribution is 5.44. The van der Waals surface area contributed by atoms with E-state index in [2.05, 4.69) is 79.8 Å². The van der Waals surface area contributed by atoms with E-state index in [0.29, 0.717) is 0 Å². The number of terminal acetylenes is 1. The minimum absolute atomic E-state index is 0.902. The minimum Gasteiger partial charge on any atom is -0.382 e. The van der Waals surface area contributed by atoms with Crippen molar-refractivity contribution in [3.05, 3.63) is 89.8 Å². The number of nitrogens with one attached hydrogen (secondary N) is 2. The van der Waals surface area contributed by atoms with Crippen LogP contribution in [0.5, 0.6) is 0 Å². The molecule has 2 N–H and O–H groups in total. The molecule has 27 heavy (non-hydrogen) atoms. The van der Waals surface area contributed by atoms with Crippen LogP contribution in [0.1, 0.15) is 40.2 Å². The van der Waals surface area contributed by atoms with Gasteiger partial charge in [-0.15, -0.1) is 12.8 Å². The van der Waals surface area contributed by atoms with Crippen molar-refractivity contribution >= 4 is 5.69 Å². The molecule has 2 nitrogen and oxygen atoms in total. The molecule has 0 fully saturated rings. The van der Waals surface area contributed by atoms with Gasteiger partial charge in [0.25, 0.3) is 0 Å². The van der Waals surface area contributed by atoms with Crippen LogP contribution in [0.25, 0.3) is 0 Å². The molecule has 0 atom stereocenters. The van der Waals surface area contributed by atoms with E-state index in [1.54, 1.807) is 0 Å². The SMILES string of the molecule is C#C.C/C=C\CNc1ccc(C)cc1.C\C=C/C(C)=C\C=C\N/C(C)=C/C. The summed E-state index contributed by atoms with van der Waals surface area (Å²) in [7, 11) is 0. The summed E-state index contributed by atoms with van der Waals surface area (Å²) in [6.45, 7) is 13.2. The molecule has 0 bridgehead atoms. The maximum atomic E-state index is 4.00. The van der Waals surface area contributed by atoms with Crippen LogP contribution in [0.2, 0.25) is 0 Å². The quantitative estimate of drug-likeness (QED) is 0.317. The summed E-state index contributed by atoms with van der Waals surface area (Å²) < 4.78 is 0. The Balaban J connectivity index is 0. The predicted molar refractivity (Wildman–Crippen MR) is 125 cm³/mol. The van der Waals surface area contributed by atoms with Gasteiger partial charge in [-0.3, -0.25) is 0 Å². The van der Waals surface area contributed by atoms with Gasteiger partial charge in [0.2, 0.25) is 0 Å². The Morgan fingerprint density at radius 1 is 1.00 bits per heavy atom. The second kappa shape index (κ2) is 19.4. The van der Waals surface area contributed by atoms with Gasteiger partial charge in [-0.25, -0.2) is 0 Å². The van der Waals surface area contributed by atoms with E-state index in [-0.39, 0.29) is 0 Å². The molecule has 0 spiro atoms. The first-order valence-electron chi connectivity index (χ1n) is 9.14. The van der Waals surface area contributed by atoms with Crippen LogP contribution in [-0.2, 0) is 0 Å². The number of anilines is 1. The third-order valence-electron chi connectivity index (χ3n) is 3.34. The van der Waals surface area contributed by atoms with E-state index in [0.717, 1.165) is 12.2 Å². The van der Waals surface area contributed by atoms with Crippen molar-refractivity contribution < 1.29 is 0 Å². The van der Waals surface area contributed by atoms with Gasteiger partial charge in [0.05, 0.1) is 0 Å². The molecule has 0 amide bonds. The fourth-order valence-corrected chi connectivity index (χ4v) is 1.75. The first-order chi connectivity index (χ1) is 13.0. The molecule has 0 heterocycles. The summed E-state index contributed by atoms with van der Waals surface area (Å²) in [6.07, 6.45) is 24.3. The maximum absolute atomic E-state index is 4.00. The second-order valence-corrected chi connectivity index (χ2v) is 5.70. The van der Waals surface area contributed by atoms with Gasteiger partial charge in [-0.2, -0.15) is 0 Å². The molecule has 0 aliphatic carbocycles. The van der Waals surface area contributed by atoms with Crippen LogP contribution in [-0.4, -0.2) is 6.54 Å². The van der Waals surface area contributed by atoms with Crippen LogP contribution in [0.3, 0.4) is 0 Å². The predicted octanol–water partition coefficient (Wildman–Crippen LogP) is 6.77. The Labute approximate surface area is 167 Å². The first-order valence-corrected chi connectivity index (χ1v) is 9.14. The highest BCUT2D eigenvalue weighted by Crippen LogP contribution is 2.07. The van der Waals surface area contributed by atoms with Gasteiger partial charge in [0.15, 0.2) is 0 Å². The Bertz CT molecular complexity index is 639. The molecule has 0 saturated heterocycles. The van der Waals surface area contributed by atoms with Gasteiger partial charge in [-0.1, -0.05) is 59.7 Å². The zero-order chi connectivity index (χ0) is 20.9. The van der Waals surface area contributed by atoms with Gasteiger partial charge in [0.1, 0.15) is 0 Å². The van der Waals surface area contributed by atoms with Crippen molar-refractivity contribution in [3.8, 4) is 12.8 Å². The number of aryl methyl sites for hydroxylation is 1. The Morgan fingerprint density at radius 3 is 2.15 bits per heavy atom. The highest BCUT2D eigenvalue weighted by Gasteiger charge is 1.87. The lowest BCUT2D eigenvalue weighted by Gasteiger charge is -2.02. The normalized spacial score (nSPS) is 11.7. The Kier molecular flexibility index (Phi) is 18.9. The fraction of sp³-hybridized carbons (Fsp3) is 0.280. The molecule has 2 heteroatoms. The van der Waals surface area contributed by atoms with Crippen molar-refractivity contribution in [2.24, 2.45) is 0 Å². The van der Waals surface area contributed by atoms with E-state index in [4.69, 9.17) is 0 Å². The molecule has 0 radical (unpaired) electrons. The maximum Gasteiger partial charge on any atom is 0.0342 e. The molecule has 0 unspecified atom stereocenters. The number of rotatable bonds is 7. The zero-order valence-electron chi connectivity index (χ0n) is 17.8. The number of allylic oxidation sites excluding steroid dienone is 8. The summed E-state index contributed by atoms with van der Waals surface area (Å²) in [4.78, 5) is 0. The third kappa shape index (κ3) is 17.7. The zero-order valence-corrected chi connectivity index (χ0v) is 17.8. The van der Waals surface area contributed by atoms with E-state index < -0.39 is 0 Å². The molecular weight excluding hydrogens is 328 g/mol. The fourth-order valence-electron chi connectivity index (χ4n) is 1.75. The molecule has 0 saturated carbocycles. The molecule has 0 aromatic heterocycles. The molecule has 1 rings (SSSR count). The van der Waals surface area contributed by atoms with E-state index in [1.807, 2.05) is 58.2 Å². The van der Waals surface area contributed by atoms with Crippen molar-refractivity contribution in [3.63, 3.8) is 0 Å². The second-order valence-electron chi connectivity index (χ2n) is 5.70. The van der Waals surface area contributed by atoms with E-state index in [1.165, 1.54) is 16.8 Å². The summed E-state index contributed by atoms with van der Waals surface area (Å²) in [5.41, 5.74) is 4.89. The van der Waals surface area contributed by atoms with Crippen LogP contribution in [0.4, 0.5) is 5.69 Å². The summed E-state index contributed by atoms with van der Waals surface area (Å²) >= 11 is 0. The number of hydrogen-bond donors (Lipinski definition) is 2. The van der Waals surface area contributed by atoms with Crippen molar-refractivity contribution in [2.45, 2.75) is 41.5 Å². The Morgan fingerprint density at radius 2 is 1.63 bits per heavy atom. The van der Waals surface area contributed by atoms with Gasteiger partial charge in [-0.05, 0) is 59.8 Å². The van der Waals surface area contributed by atoms with Crippen LogP contribution < -0.4 is 10.6 Å². The van der Waals surface area contributed by atoms with E-state index >= 15 is 0 Å². The lowest BCUT2D eigenvalue weighted by atomic mass is 10.2. The molecule has 1 aromatic carbocycles. The first kappa shape index (κ1) is 26.3. The number of benzene rings is 1. The topological polar surface area (TPSA) is 24.1 Å². The van der Waals surface area contributed by atoms with Gasteiger partial charge < -0.3 is 10.6 Å². The third-order valence-corrected chi connectivity index (χ3v) is 3.34.